The number of ketones is 1. The molecule has 29 heavy (non-hydrogen) atoms. The molecular weight excluding hydrogens is 374 g/mol. The molecular formula is C21H29N3O5. The van der Waals surface area contributed by atoms with Crippen molar-refractivity contribution in [2.75, 3.05) is 13.1 Å². The van der Waals surface area contributed by atoms with Crippen molar-refractivity contribution in [1.82, 2.24) is 16.0 Å². The standard InChI is InChI=1S/C21H29N3O5/c1-2-3-10-16(24-19(26)15-8-5-4-6-9-15)18(25)12-14-23-21(28)29-20(27)17-11-7-13-22-17/h4-6,8-9,16-17,22H,2-3,7,10-14H2,1H3,(H,23,28)(H,24,26)/t16?,17-/m0/s1. The fraction of sp³-hybridized carbons (Fsp3) is 0.524. The van der Waals surface area contributed by atoms with Gasteiger partial charge >= 0.3 is 12.1 Å². The summed E-state index contributed by atoms with van der Waals surface area (Å²) in [6.45, 7) is 2.77. The molecule has 1 saturated heterocycles. The molecule has 2 amide bonds. The van der Waals surface area contributed by atoms with Gasteiger partial charge in [0.25, 0.3) is 5.91 Å². The number of ether oxygens (including phenoxy) is 1. The Balaban J connectivity index is 1.78. The number of esters is 1. The zero-order valence-corrected chi connectivity index (χ0v) is 16.7. The van der Waals surface area contributed by atoms with Crippen LogP contribution in [0.2, 0.25) is 0 Å². The lowest BCUT2D eigenvalue weighted by Crippen LogP contribution is -2.42. The van der Waals surface area contributed by atoms with E-state index in [2.05, 4.69) is 16.0 Å². The number of benzene rings is 1. The van der Waals surface area contributed by atoms with Gasteiger partial charge in [-0.25, -0.2) is 9.59 Å². The Morgan fingerprint density at radius 2 is 1.97 bits per heavy atom. The van der Waals surface area contributed by atoms with Gasteiger partial charge in [0.1, 0.15) is 6.04 Å². The quantitative estimate of drug-likeness (QED) is 0.406. The third-order valence-electron chi connectivity index (χ3n) is 4.76. The topological polar surface area (TPSA) is 114 Å². The largest absolute Gasteiger partial charge is 0.414 e. The molecule has 158 valence electrons. The Labute approximate surface area is 170 Å². The summed E-state index contributed by atoms with van der Waals surface area (Å²) in [5.74, 6) is -1.09. The lowest BCUT2D eigenvalue weighted by Gasteiger charge is -2.18. The predicted octanol–water partition coefficient (Wildman–Crippen LogP) is 1.94. The van der Waals surface area contributed by atoms with Gasteiger partial charge < -0.3 is 20.7 Å². The van der Waals surface area contributed by atoms with Gasteiger partial charge in [-0.1, -0.05) is 38.0 Å². The summed E-state index contributed by atoms with van der Waals surface area (Å²) in [5.41, 5.74) is 0.488. The van der Waals surface area contributed by atoms with E-state index in [1.807, 2.05) is 13.0 Å². The van der Waals surface area contributed by atoms with Gasteiger partial charge in [-0.2, -0.15) is 0 Å². The molecule has 1 fully saturated rings. The van der Waals surface area contributed by atoms with Crippen molar-refractivity contribution >= 4 is 23.8 Å². The van der Waals surface area contributed by atoms with Gasteiger partial charge in [-0.15, -0.1) is 0 Å². The van der Waals surface area contributed by atoms with Crippen LogP contribution < -0.4 is 16.0 Å². The molecule has 0 aliphatic carbocycles. The fourth-order valence-corrected chi connectivity index (χ4v) is 3.10. The molecule has 1 heterocycles. The Hall–Kier alpha value is -2.74. The second-order valence-electron chi connectivity index (χ2n) is 7.03. The van der Waals surface area contributed by atoms with E-state index in [0.717, 1.165) is 25.8 Å². The first-order chi connectivity index (χ1) is 14.0. The second-order valence-corrected chi connectivity index (χ2v) is 7.03. The molecule has 1 aliphatic rings. The summed E-state index contributed by atoms with van der Waals surface area (Å²) in [5, 5.41) is 8.15. The molecule has 1 aliphatic heterocycles. The number of carbonyl (C=O) groups is 4. The molecule has 0 saturated carbocycles. The number of hydrogen-bond acceptors (Lipinski definition) is 6. The van der Waals surface area contributed by atoms with Gasteiger partial charge in [0.15, 0.2) is 5.78 Å². The van der Waals surface area contributed by atoms with Crippen LogP contribution in [0.4, 0.5) is 4.79 Å². The molecule has 8 heteroatoms. The lowest BCUT2D eigenvalue weighted by molar-refractivity contribution is -0.139. The summed E-state index contributed by atoms with van der Waals surface area (Å²) in [6, 6.07) is 7.63. The Morgan fingerprint density at radius 3 is 2.62 bits per heavy atom. The minimum Gasteiger partial charge on any atom is -0.375 e. The van der Waals surface area contributed by atoms with E-state index < -0.39 is 24.1 Å². The molecule has 0 spiro atoms. The minimum atomic E-state index is -0.866. The summed E-state index contributed by atoms with van der Waals surface area (Å²) >= 11 is 0. The minimum absolute atomic E-state index is 0.0346. The highest BCUT2D eigenvalue weighted by molar-refractivity contribution is 5.98. The second kappa shape index (κ2) is 12.0. The first-order valence-electron chi connectivity index (χ1n) is 10.1. The van der Waals surface area contributed by atoms with Crippen molar-refractivity contribution in [2.24, 2.45) is 0 Å². The first-order valence-corrected chi connectivity index (χ1v) is 10.1. The van der Waals surface area contributed by atoms with Gasteiger partial charge in [-0.05, 0) is 37.9 Å². The number of hydrogen-bond donors (Lipinski definition) is 3. The van der Waals surface area contributed by atoms with E-state index in [4.69, 9.17) is 4.74 Å². The first kappa shape index (κ1) is 22.5. The van der Waals surface area contributed by atoms with Crippen molar-refractivity contribution in [3.63, 3.8) is 0 Å². The molecule has 1 aromatic carbocycles. The van der Waals surface area contributed by atoms with Gasteiger partial charge in [0, 0.05) is 18.5 Å². The number of alkyl carbamates (subject to hydrolysis) is 1. The number of nitrogens with one attached hydrogen (secondary N) is 3. The van der Waals surface area contributed by atoms with Gasteiger partial charge in [-0.3, -0.25) is 9.59 Å². The Morgan fingerprint density at radius 1 is 1.21 bits per heavy atom. The van der Waals surface area contributed by atoms with Crippen molar-refractivity contribution in [3.05, 3.63) is 35.9 Å². The van der Waals surface area contributed by atoms with Crippen LogP contribution in [0.25, 0.3) is 0 Å². The average molecular weight is 403 g/mol. The van der Waals surface area contributed by atoms with Crippen LogP contribution in [-0.2, 0) is 14.3 Å². The third kappa shape index (κ3) is 7.65. The zero-order chi connectivity index (χ0) is 21.1. The summed E-state index contributed by atoms with van der Waals surface area (Å²) < 4.78 is 4.73. The van der Waals surface area contributed by atoms with Crippen LogP contribution in [0.1, 0.15) is 55.8 Å². The van der Waals surface area contributed by atoms with Crippen LogP contribution in [-0.4, -0.2) is 48.9 Å². The summed E-state index contributed by atoms with van der Waals surface area (Å²) in [4.78, 5) is 48.4. The smallest absolute Gasteiger partial charge is 0.375 e. The van der Waals surface area contributed by atoms with E-state index in [0.29, 0.717) is 18.4 Å². The molecule has 2 atom stereocenters. The molecule has 2 rings (SSSR count). The van der Waals surface area contributed by atoms with Crippen molar-refractivity contribution in [2.45, 2.75) is 57.5 Å². The summed E-state index contributed by atoms with van der Waals surface area (Å²) in [6.07, 6.45) is 2.90. The lowest BCUT2D eigenvalue weighted by atomic mass is 10.0. The van der Waals surface area contributed by atoms with Crippen LogP contribution in [0, 0.1) is 0 Å². The van der Waals surface area contributed by atoms with E-state index >= 15 is 0 Å². The van der Waals surface area contributed by atoms with Gasteiger partial charge in [0.2, 0.25) is 0 Å². The normalized spacial score (nSPS) is 16.7. The molecule has 0 aromatic heterocycles. The fourth-order valence-electron chi connectivity index (χ4n) is 3.10. The number of carbonyl (C=O) groups excluding carboxylic acids is 4. The zero-order valence-electron chi connectivity index (χ0n) is 16.7. The molecule has 0 radical (unpaired) electrons. The molecule has 1 unspecified atom stereocenters. The third-order valence-corrected chi connectivity index (χ3v) is 4.76. The van der Waals surface area contributed by atoms with Crippen LogP contribution in [0.3, 0.4) is 0 Å². The highest BCUT2D eigenvalue weighted by atomic mass is 16.6. The summed E-state index contributed by atoms with van der Waals surface area (Å²) in [7, 11) is 0. The highest BCUT2D eigenvalue weighted by Gasteiger charge is 2.26. The molecule has 3 N–H and O–H groups in total. The van der Waals surface area contributed by atoms with E-state index in [9.17, 15) is 19.2 Å². The van der Waals surface area contributed by atoms with Crippen LogP contribution in [0.5, 0.6) is 0 Å². The Kier molecular flexibility index (Phi) is 9.30. The molecule has 1 aromatic rings. The maximum Gasteiger partial charge on any atom is 0.414 e. The van der Waals surface area contributed by atoms with Crippen molar-refractivity contribution in [3.8, 4) is 0 Å². The molecule has 8 nitrogen and oxygen atoms in total. The van der Waals surface area contributed by atoms with E-state index in [1.54, 1.807) is 24.3 Å². The van der Waals surface area contributed by atoms with Crippen LogP contribution in [0.15, 0.2) is 30.3 Å². The number of amides is 2. The Bertz CT molecular complexity index is 702. The number of unbranched alkanes of at least 4 members (excludes halogenated alkanes) is 1. The van der Waals surface area contributed by atoms with E-state index in [-0.39, 0.29) is 24.7 Å². The van der Waals surface area contributed by atoms with E-state index in [1.165, 1.54) is 0 Å². The number of Topliss-reactive ketones (excluding diaryl/α,β-unsaturated/α-hetero) is 1. The monoisotopic (exact) mass is 403 g/mol. The molecule has 0 bridgehead atoms. The average Bonchev–Trinajstić information content (AvgIpc) is 3.26. The van der Waals surface area contributed by atoms with Crippen molar-refractivity contribution in [1.29, 1.82) is 0 Å². The number of rotatable bonds is 10. The highest BCUT2D eigenvalue weighted by Crippen LogP contribution is 2.08. The maximum atomic E-state index is 12.5. The van der Waals surface area contributed by atoms with Gasteiger partial charge in [0.05, 0.1) is 6.04 Å². The predicted molar refractivity (Wildman–Crippen MR) is 107 cm³/mol. The maximum absolute atomic E-state index is 12.5. The SMILES string of the molecule is CCCCC(NC(=O)c1ccccc1)C(=O)CCNC(=O)OC(=O)[C@@H]1CCCN1. The van der Waals surface area contributed by atoms with Crippen molar-refractivity contribution < 1.29 is 23.9 Å². The van der Waals surface area contributed by atoms with Crippen LogP contribution >= 0.6 is 0 Å².